The van der Waals surface area contributed by atoms with E-state index in [1.54, 1.807) is 0 Å². The van der Waals surface area contributed by atoms with Gasteiger partial charge < -0.3 is 28.7 Å². The minimum absolute atomic E-state index is 0.223. The number of ether oxygens (including phenoxy) is 2. The van der Waals surface area contributed by atoms with Crippen molar-refractivity contribution in [3.8, 4) is 0 Å². The summed E-state index contributed by atoms with van der Waals surface area (Å²) in [6.07, 6.45) is 27.6. The van der Waals surface area contributed by atoms with E-state index >= 15 is 0 Å². The number of aliphatic hydroxyl groups is 2. The van der Waals surface area contributed by atoms with Crippen LogP contribution in [0.15, 0.2) is 0 Å². The van der Waals surface area contributed by atoms with Crippen LogP contribution in [0.5, 0.6) is 0 Å². The molecule has 0 aromatic rings. The molecule has 0 aliphatic heterocycles. The van der Waals surface area contributed by atoms with E-state index < -0.39 is 12.1 Å². The van der Waals surface area contributed by atoms with E-state index in [9.17, 15) is 19.8 Å². The summed E-state index contributed by atoms with van der Waals surface area (Å²) < 4.78 is 11.9. The summed E-state index contributed by atoms with van der Waals surface area (Å²) in [7, 11) is 8.00. The summed E-state index contributed by atoms with van der Waals surface area (Å²) in [6.45, 7) is 6.32. The van der Waals surface area contributed by atoms with Crippen LogP contribution in [0.3, 0.4) is 0 Å². The monoisotopic (exact) mass is 673 g/mol. The molecule has 0 aliphatic rings. The van der Waals surface area contributed by atoms with Crippen molar-refractivity contribution in [3.63, 3.8) is 0 Å². The fourth-order valence-electron chi connectivity index (χ4n) is 6.41. The first-order chi connectivity index (χ1) is 22.6. The van der Waals surface area contributed by atoms with Crippen LogP contribution >= 0.6 is 0 Å². The lowest BCUT2D eigenvalue weighted by Crippen LogP contribution is -2.55. The van der Waals surface area contributed by atoms with E-state index in [4.69, 9.17) is 9.47 Å². The lowest BCUT2D eigenvalue weighted by Gasteiger charge is -2.35. The molecule has 8 nitrogen and oxygen atoms in total. The molecule has 8 heteroatoms. The number of unbranched alkanes of at least 4 members (excludes halogenated alkanes) is 20. The predicted molar refractivity (Wildman–Crippen MR) is 195 cm³/mol. The minimum Gasteiger partial charge on any atom is -0.461 e. The number of likely N-dealkylation sites (N-methyl/N-ethyl adjacent to an activating group) is 2. The molecule has 0 saturated heterocycles. The summed E-state index contributed by atoms with van der Waals surface area (Å²) in [5, 5.41) is 20.0. The van der Waals surface area contributed by atoms with Gasteiger partial charge in [-0.05, 0) is 44.9 Å². The summed E-state index contributed by atoms with van der Waals surface area (Å²) in [4.78, 5) is 25.6. The van der Waals surface area contributed by atoms with E-state index in [0.29, 0.717) is 35.0 Å². The summed E-state index contributed by atoms with van der Waals surface area (Å²) in [6, 6.07) is -1.15. The van der Waals surface area contributed by atoms with Gasteiger partial charge in [0, 0.05) is 0 Å². The number of hydrogen-bond donors (Lipinski definition) is 2. The van der Waals surface area contributed by atoms with Gasteiger partial charge in [-0.1, -0.05) is 117 Å². The fraction of sp³-hybridized carbons (Fsp3) is 0.949. The highest BCUT2D eigenvalue weighted by atomic mass is 16.5. The zero-order valence-corrected chi connectivity index (χ0v) is 32.1. The molecule has 0 spiro atoms. The Morgan fingerprint density at radius 1 is 0.447 bits per heavy atom. The van der Waals surface area contributed by atoms with E-state index in [-0.39, 0.29) is 25.2 Å². The first kappa shape index (κ1) is 45.8. The topological polar surface area (TPSA) is 93.1 Å². The van der Waals surface area contributed by atoms with Gasteiger partial charge in [-0.3, -0.25) is 0 Å². The van der Waals surface area contributed by atoms with Gasteiger partial charge in [0.2, 0.25) is 12.1 Å². The summed E-state index contributed by atoms with van der Waals surface area (Å²) >= 11 is 0. The van der Waals surface area contributed by atoms with Crippen LogP contribution in [0.4, 0.5) is 0 Å². The molecule has 280 valence electrons. The predicted octanol–water partition coefficient (Wildman–Crippen LogP) is 7.96. The molecule has 0 aliphatic carbocycles. The van der Waals surface area contributed by atoms with Gasteiger partial charge in [-0.25, -0.2) is 9.59 Å². The Bertz CT molecular complexity index is 685. The van der Waals surface area contributed by atoms with E-state index in [0.717, 1.165) is 45.2 Å². The van der Waals surface area contributed by atoms with Crippen LogP contribution < -0.4 is 0 Å². The molecule has 47 heavy (non-hydrogen) atoms. The van der Waals surface area contributed by atoms with Crippen molar-refractivity contribution in [2.24, 2.45) is 0 Å². The van der Waals surface area contributed by atoms with Crippen LogP contribution in [0, 0.1) is 0 Å². The third kappa shape index (κ3) is 23.7. The molecule has 0 bridgehead atoms. The highest BCUT2D eigenvalue weighted by Crippen LogP contribution is 2.17. The van der Waals surface area contributed by atoms with Crippen molar-refractivity contribution in [2.75, 3.05) is 67.7 Å². The second kappa shape index (κ2) is 29.7. The number of quaternary nitrogens is 2. The third-order valence-corrected chi connectivity index (χ3v) is 10.0. The summed E-state index contributed by atoms with van der Waals surface area (Å²) in [5.74, 6) is -0.687. The number of carbonyl (C=O) groups is 2. The molecule has 2 N–H and O–H groups in total. The van der Waals surface area contributed by atoms with Gasteiger partial charge in [0.1, 0.15) is 13.2 Å². The van der Waals surface area contributed by atoms with Gasteiger partial charge in [-0.15, -0.1) is 0 Å². The molecule has 0 amide bonds. The summed E-state index contributed by atoms with van der Waals surface area (Å²) in [5.41, 5.74) is 0. The van der Waals surface area contributed by atoms with Crippen molar-refractivity contribution >= 4 is 11.9 Å². The van der Waals surface area contributed by atoms with Crippen molar-refractivity contribution < 1.29 is 38.2 Å². The Labute approximate surface area is 291 Å². The number of carbonyl (C=O) groups excluding carboxylic acids is 2. The van der Waals surface area contributed by atoms with E-state index in [1.807, 2.05) is 28.2 Å². The maximum atomic E-state index is 12.8. The number of nitrogens with zero attached hydrogens (tertiary/aromatic N) is 2. The van der Waals surface area contributed by atoms with Crippen molar-refractivity contribution in [3.05, 3.63) is 0 Å². The van der Waals surface area contributed by atoms with Crippen molar-refractivity contribution in [1.29, 1.82) is 0 Å². The molecule has 2 atom stereocenters. The Hall–Kier alpha value is -1.22. The highest BCUT2D eigenvalue weighted by Gasteiger charge is 2.36. The Morgan fingerprint density at radius 3 is 0.979 bits per heavy atom. The standard InChI is InChI=1S/C39H80N2O6/c1-7-9-11-13-15-17-19-21-23-26-30-40(3,4)36(34-42)38(44)46-32-28-25-29-33-47-39(45)37(35-43)41(5,6)31-27-24-22-20-18-16-14-12-10-8-2/h36-37,42-43H,7-35H2,1-6H3/q+2/t36-,37-/m0/s1. The number of hydrogen-bond acceptors (Lipinski definition) is 6. The molecule has 0 saturated carbocycles. The molecular weight excluding hydrogens is 592 g/mol. The molecule has 0 aromatic heterocycles. The van der Waals surface area contributed by atoms with Gasteiger partial charge in [0.15, 0.2) is 0 Å². The molecule has 0 fully saturated rings. The molecular formula is C39H80N2O6+2. The van der Waals surface area contributed by atoms with E-state index in [2.05, 4.69) is 13.8 Å². The van der Waals surface area contributed by atoms with Gasteiger partial charge in [0.25, 0.3) is 0 Å². The SMILES string of the molecule is CCCCCCCCCCCC[N+](C)(C)[C@@H](CO)C(=O)OCCCCCOC(=O)[C@H](CO)[N+](C)(C)CCCCCCCCCCCC. The Morgan fingerprint density at radius 2 is 0.702 bits per heavy atom. The van der Waals surface area contributed by atoms with E-state index in [1.165, 1.54) is 103 Å². The van der Waals surface area contributed by atoms with Crippen LogP contribution in [0.25, 0.3) is 0 Å². The van der Waals surface area contributed by atoms with Crippen LogP contribution in [0.1, 0.15) is 162 Å². The van der Waals surface area contributed by atoms with Crippen molar-refractivity contribution in [1.82, 2.24) is 0 Å². The van der Waals surface area contributed by atoms with Gasteiger partial charge >= 0.3 is 11.9 Å². The minimum atomic E-state index is -0.577. The lowest BCUT2D eigenvalue weighted by atomic mass is 10.1. The Balaban J connectivity index is 4.13. The smallest absolute Gasteiger partial charge is 0.367 e. The first-order valence-corrected chi connectivity index (χ1v) is 19.8. The average molecular weight is 673 g/mol. The first-order valence-electron chi connectivity index (χ1n) is 19.8. The Kier molecular flexibility index (Phi) is 28.9. The molecule has 0 aromatic carbocycles. The molecule has 0 heterocycles. The molecule has 0 radical (unpaired) electrons. The second-order valence-electron chi connectivity index (χ2n) is 15.2. The largest absolute Gasteiger partial charge is 0.461 e. The fourth-order valence-corrected chi connectivity index (χ4v) is 6.41. The normalized spacial score (nSPS) is 13.4. The number of esters is 2. The van der Waals surface area contributed by atoms with Crippen LogP contribution in [-0.4, -0.2) is 111 Å². The third-order valence-electron chi connectivity index (χ3n) is 10.0. The average Bonchev–Trinajstić information content (AvgIpc) is 3.02. The van der Waals surface area contributed by atoms with Gasteiger partial charge in [0.05, 0.1) is 54.5 Å². The zero-order chi connectivity index (χ0) is 35.2. The number of rotatable bonds is 34. The highest BCUT2D eigenvalue weighted by molar-refractivity contribution is 5.75. The van der Waals surface area contributed by atoms with Crippen molar-refractivity contribution in [2.45, 2.75) is 174 Å². The second-order valence-corrected chi connectivity index (χ2v) is 15.2. The lowest BCUT2D eigenvalue weighted by molar-refractivity contribution is -0.907. The maximum Gasteiger partial charge on any atom is 0.367 e. The molecule has 0 rings (SSSR count). The quantitative estimate of drug-likeness (QED) is 0.0410. The van der Waals surface area contributed by atoms with Crippen LogP contribution in [0.2, 0.25) is 0 Å². The van der Waals surface area contributed by atoms with Gasteiger partial charge in [-0.2, -0.15) is 0 Å². The maximum absolute atomic E-state index is 12.8. The van der Waals surface area contributed by atoms with Crippen LogP contribution in [-0.2, 0) is 19.1 Å². The molecule has 0 unspecified atom stereocenters. The zero-order valence-electron chi connectivity index (χ0n) is 32.1. The number of aliphatic hydroxyl groups excluding tert-OH is 2.